The zero-order valence-corrected chi connectivity index (χ0v) is 12.3. The Labute approximate surface area is 120 Å². The first-order chi connectivity index (χ1) is 9.66. The molecule has 0 saturated heterocycles. The minimum Gasteiger partial charge on any atom is -0.330 e. The summed E-state index contributed by atoms with van der Waals surface area (Å²) in [6.45, 7) is 4.30. The molecule has 1 heterocycles. The van der Waals surface area contributed by atoms with Gasteiger partial charge in [-0.15, -0.1) is 0 Å². The van der Waals surface area contributed by atoms with Crippen LogP contribution in [0.1, 0.15) is 54.4 Å². The van der Waals surface area contributed by atoms with Gasteiger partial charge < -0.3 is 10.3 Å². The van der Waals surface area contributed by atoms with E-state index < -0.39 is 0 Å². The lowest BCUT2D eigenvalue weighted by Crippen LogP contribution is -2.24. The first-order valence-corrected chi connectivity index (χ1v) is 7.53. The van der Waals surface area contributed by atoms with Gasteiger partial charge in [-0.25, -0.2) is 4.98 Å². The summed E-state index contributed by atoms with van der Waals surface area (Å²) >= 11 is 0. The Bertz CT molecular complexity index is 583. The monoisotopic (exact) mass is 269 g/mol. The fraction of sp³-hybridized carbons (Fsp3) is 0.471. The predicted octanol–water partition coefficient (Wildman–Crippen LogP) is 3.33. The molecule has 3 rings (SSSR count). The van der Waals surface area contributed by atoms with Crippen molar-refractivity contribution in [3.8, 4) is 0 Å². The second-order valence-corrected chi connectivity index (χ2v) is 5.93. The first-order valence-electron chi connectivity index (χ1n) is 7.53. The summed E-state index contributed by atoms with van der Waals surface area (Å²) < 4.78 is 2.29. The molecule has 1 aliphatic rings. The van der Waals surface area contributed by atoms with Gasteiger partial charge in [-0.1, -0.05) is 29.8 Å². The summed E-state index contributed by atoms with van der Waals surface area (Å²) in [6, 6.07) is 8.79. The molecule has 3 nitrogen and oxygen atoms in total. The van der Waals surface area contributed by atoms with Crippen LogP contribution in [0, 0.1) is 6.92 Å². The van der Waals surface area contributed by atoms with Crippen molar-refractivity contribution < 1.29 is 0 Å². The molecule has 0 radical (unpaired) electrons. The van der Waals surface area contributed by atoms with Gasteiger partial charge in [-0.3, -0.25) is 0 Å². The summed E-state index contributed by atoms with van der Waals surface area (Å²) in [5.74, 6) is 0. The van der Waals surface area contributed by atoms with E-state index in [-0.39, 0.29) is 12.1 Å². The molecule has 106 valence electrons. The van der Waals surface area contributed by atoms with Crippen LogP contribution in [0.25, 0.3) is 0 Å². The maximum Gasteiger partial charge on any atom is 0.0954 e. The first kappa shape index (κ1) is 13.4. The summed E-state index contributed by atoms with van der Waals surface area (Å²) in [4.78, 5) is 4.58. The summed E-state index contributed by atoms with van der Waals surface area (Å²) in [7, 11) is 0. The number of nitrogens with zero attached hydrogens (tertiary/aromatic N) is 2. The van der Waals surface area contributed by atoms with Gasteiger partial charge in [0, 0.05) is 5.69 Å². The quantitative estimate of drug-likeness (QED) is 0.928. The van der Waals surface area contributed by atoms with Gasteiger partial charge in [0.1, 0.15) is 0 Å². The molecule has 1 aliphatic carbocycles. The Morgan fingerprint density at radius 3 is 2.60 bits per heavy atom. The van der Waals surface area contributed by atoms with E-state index in [2.05, 4.69) is 47.7 Å². The number of aromatic nitrogens is 2. The van der Waals surface area contributed by atoms with Gasteiger partial charge in [-0.2, -0.15) is 0 Å². The maximum absolute atomic E-state index is 6.46. The van der Waals surface area contributed by atoms with Crippen LogP contribution in [-0.2, 0) is 12.8 Å². The van der Waals surface area contributed by atoms with E-state index in [4.69, 9.17) is 5.73 Å². The molecular formula is C17H23N3. The smallest absolute Gasteiger partial charge is 0.0954 e. The lowest BCUT2D eigenvalue weighted by molar-refractivity contribution is 0.435. The Kier molecular flexibility index (Phi) is 3.62. The zero-order chi connectivity index (χ0) is 14.1. The molecule has 1 aromatic heterocycles. The van der Waals surface area contributed by atoms with Crippen molar-refractivity contribution in [2.75, 3.05) is 0 Å². The summed E-state index contributed by atoms with van der Waals surface area (Å²) in [5.41, 5.74) is 11.6. The average molecular weight is 269 g/mol. The molecule has 0 amide bonds. The Morgan fingerprint density at radius 2 is 1.85 bits per heavy atom. The molecule has 2 N–H and O–H groups in total. The number of hydrogen-bond donors (Lipinski definition) is 1. The number of fused-ring (bicyclic) bond motifs is 1. The van der Waals surface area contributed by atoms with E-state index in [1.807, 2.05) is 6.33 Å². The highest BCUT2D eigenvalue weighted by atomic mass is 15.1. The van der Waals surface area contributed by atoms with Gasteiger partial charge in [0.15, 0.2) is 0 Å². The van der Waals surface area contributed by atoms with E-state index >= 15 is 0 Å². The molecule has 1 aromatic carbocycles. The molecule has 2 atom stereocenters. The predicted molar refractivity (Wildman–Crippen MR) is 81.7 cm³/mol. The largest absolute Gasteiger partial charge is 0.330 e. The molecule has 0 saturated carbocycles. The van der Waals surface area contributed by atoms with E-state index in [9.17, 15) is 0 Å². The Morgan fingerprint density at radius 1 is 1.15 bits per heavy atom. The third kappa shape index (κ3) is 2.38. The lowest BCUT2D eigenvalue weighted by Gasteiger charge is -2.25. The molecule has 0 fully saturated rings. The van der Waals surface area contributed by atoms with Gasteiger partial charge in [0.2, 0.25) is 0 Å². The van der Waals surface area contributed by atoms with Gasteiger partial charge in [-0.05, 0) is 45.1 Å². The third-order valence-electron chi connectivity index (χ3n) is 4.48. The summed E-state index contributed by atoms with van der Waals surface area (Å²) in [6.07, 6.45) is 6.78. The van der Waals surface area contributed by atoms with Crippen LogP contribution in [-0.4, -0.2) is 9.55 Å². The maximum atomic E-state index is 6.46. The molecular weight excluding hydrogens is 246 g/mol. The van der Waals surface area contributed by atoms with Crippen LogP contribution in [0.2, 0.25) is 0 Å². The van der Waals surface area contributed by atoms with Crippen molar-refractivity contribution in [3.05, 3.63) is 53.1 Å². The molecule has 3 heteroatoms. The van der Waals surface area contributed by atoms with E-state index in [1.165, 1.54) is 35.4 Å². The minimum absolute atomic E-state index is 0.0100. The van der Waals surface area contributed by atoms with E-state index in [1.54, 1.807) is 0 Å². The average Bonchev–Trinajstić information content (AvgIpc) is 2.90. The van der Waals surface area contributed by atoms with Crippen LogP contribution in [0.15, 0.2) is 30.6 Å². The van der Waals surface area contributed by atoms with Crippen molar-refractivity contribution in [1.29, 1.82) is 0 Å². The number of aryl methyl sites for hydroxylation is 2. The Hall–Kier alpha value is -1.61. The molecule has 0 bridgehead atoms. The SMILES string of the molecule is Cc1ccc(C(N)C(C)n2cnc3c2CCCC3)cc1. The van der Waals surface area contributed by atoms with Crippen molar-refractivity contribution in [1.82, 2.24) is 9.55 Å². The van der Waals surface area contributed by atoms with Crippen LogP contribution in [0.4, 0.5) is 0 Å². The fourth-order valence-corrected chi connectivity index (χ4v) is 3.08. The van der Waals surface area contributed by atoms with E-state index in [0.717, 1.165) is 12.8 Å². The third-order valence-corrected chi connectivity index (χ3v) is 4.48. The highest BCUT2D eigenvalue weighted by Crippen LogP contribution is 2.29. The normalized spacial score (nSPS) is 17.6. The number of rotatable bonds is 3. The topological polar surface area (TPSA) is 43.8 Å². The molecule has 0 aliphatic heterocycles. The lowest BCUT2D eigenvalue weighted by atomic mass is 9.97. The van der Waals surface area contributed by atoms with Gasteiger partial charge >= 0.3 is 0 Å². The van der Waals surface area contributed by atoms with E-state index in [0.29, 0.717) is 0 Å². The number of benzene rings is 1. The fourth-order valence-electron chi connectivity index (χ4n) is 3.08. The number of hydrogen-bond acceptors (Lipinski definition) is 2. The molecule has 2 aromatic rings. The second-order valence-electron chi connectivity index (χ2n) is 5.93. The highest BCUT2D eigenvalue weighted by Gasteiger charge is 2.22. The van der Waals surface area contributed by atoms with Crippen molar-refractivity contribution in [3.63, 3.8) is 0 Å². The van der Waals surface area contributed by atoms with Crippen LogP contribution in [0.5, 0.6) is 0 Å². The number of nitrogens with two attached hydrogens (primary N) is 1. The van der Waals surface area contributed by atoms with Crippen molar-refractivity contribution >= 4 is 0 Å². The van der Waals surface area contributed by atoms with Crippen LogP contribution < -0.4 is 5.73 Å². The Balaban J connectivity index is 1.86. The summed E-state index contributed by atoms with van der Waals surface area (Å²) in [5, 5.41) is 0. The van der Waals surface area contributed by atoms with Crippen molar-refractivity contribution in [2.24, 2.45) is 5.73 Å². The highest BCUT2D eigenvalue weighted by molar-refractivity contribution is 5.25. The molecule has 0 spiro atoms. The van der Waals surface area contributed by atoms with Crippen LogP contribution >= 0.6 is 0 Å². The van der Waals surface area contributed by atoms with Gasteiger partial charge in [0.05, 0.1) is 24.1 Å². The van der Waals surface area contributed by atoms with Crippen LogP contribution in [0.3, 0.4) is 0 Å². The van der Waals surface area contributed by atoms with Crippen molar-refractivity contribution in [2.45, 2.75) is 51.6 Å². The van der Waals surface area contributed by atoms with Gasteiger partial charge in [0.25, 0.3) is 0 Å². The minimum atomic E-state index is 0.0100. The molecule has 20 heavy (non-hydrogen) atoms. The zero-order valence-electron chi connectivity index (χ0n) is 12.3. The number of imidazole rings is 1. The molecule has 2 unspecified atom stereocenters. The standard InChI is InChI=1S/C17H23N3/c1-12-7-9-14(10-8-12)17(18)13(2)20-11-19-15-5-3-4-6-16(15)20/h7-11,13,17H,3-6,18H2,1-2H3. The second kappa shape index (κ2) is 5.41.